The average molecular weight is 281 g/mol. The summed E-state index contributed by atoms with van der Waals surface area (Å²) in [6, 6.07) is 9.35. The molecule has 0 atom stereocenters. The first-order valence-corrected chi connectivity index (χ1v) is 6.06. The van der Waals surface area contributed by atoms with E-state index in [0.29, 0.717) is 11.3 Å². The molecule has 0 saturated carbocycles. The smallest absolute Gasteiger partial charge is 0.262 e. The van der Waals surface area contributed by atoms with E-state index in [1.165, 1.54) is 24.4 Å². The number of hydrogen-bond donors (Lipinski definition) is 1. The molecule has 1 aromatic heterocycles. The third kappa shape index (κ3) is 2.57. The maximum atomic E-state index is 11.3. The van der Waals surface area contributed by atoms with Gasteiger partial charge < -0.3 is 5.11 Å². The van der Waals surface area contributed by atoms with Crippen LogP contribution in [0.3, 0.4) is 0 Å². The van der Waals surface area contributed by atoms with Gasteiger partial charge in [-0.1, -0.05) is 12.1 Å². The monoisotopic (exact) mass is 281 g/mol. The molecule has 0 aliphatic rings. The van der Waals surface area contributed by atoms with E-state index in [4.69, 9.17) is 0 Å². The van der Waals surface area contributed by atoms with Crippen LogP contribution >= 0.6 is 0 Å². The topological polar surface area (TPSA) is 107 Å². The summed E-state index contributed by atoms with van der Waals surface area (Å²) >= 11 is 0. The van der Waals surface area contributed by atoms with Crippen LogP contribution in [0.5, 0.6) is 5.75 Å². The average Bonchev–Trinajstić information content (AvgIpc) is 2.93. The fraction of sp³-hybridized carbons (Fsp3) is 0. The molecule has 0 radical (unpaired) electrons. The van der Waals surface area contributed by atoms with Crippen LogP contribution in [-0.2, 0) is 0 Å². The summed E-state index contributed by atoms with van der Waals surface area (Å²) in [6.07, 6.45) is 3.17. The molecule has 3 rings (SSSR count). The van der Waals surface area contributed by atoms with Gasteiger partial charge in [-0.25, -0.2) is 0 Å². The maximum Gasteiger partial charge on any atom is 0.262 e. The Bertz CT molecular complexity index is 854. The van der Waals surface area contributed by atoms with Gasteiger partial charge in [0, 0.05) is 17.7 Å². The number of rotatable bonds is 3. The Morgan fingerprint density at radius 2 is 2.10 bits per heavy atom. The summed E-state index contributed by atoms with van der Waals surface area (Å²) in [5, 5.41) is 29.7. The third-order valence-corrected chi connectivity index (χ3v) is 2.97. The predicted octanol–water partition coefficient (Wildman–Crippen LogP) is 2.30. The molecule has 0 bridgehead atoms. The Labute approximate surface area is 118 Å². The summed E-state index contributed by atoms with van der Waals surface area (Å²) in [5.41, 5.74) is 1.64. The maximum absolute atomic E-state index is 11.3. The number of H-pyrrole nitrogens is 1. The number of nitrogens with zero attached hydrogens (tertiary/aromatic N) is 3. The van der Waals surface area contributed by atoms with E-state index in [1.54, 1.807) is 12.3 Å². The Hall–Kier alpha value is -3.22. The van der Waals surface area contributed by atoms with Gasteiger partial charge in [0.05, 0.1) is 22.3 Å². The molecular formula is C14H9N4O3-. The summed E-state index contributed by atoms with van der Waals surface area (Å²) in [7, 11) is 0. The van der Waals surface area contributed by atoms with Gasteiger partial charge in [0.25, 0.3) is 5.69 Å². The highest BCUT2D eigenvalue weighted by molar-refractivity contribution is 5.86. The van der Waals surface area contributed by atoms with E-state index in [1.807, 2.05) is 12.1 Å². The van der Waals surface area contributed by atoms with Crippen LogP contribution in [0.25, 0.3) is 10.9 Å². The van der Waals surface area contributed by atoms with Crippen molar-refractivity contribution >= 4 is 28.5 Å². The van der Waals surface area contributed by atoms with E-state index in [2.05, 4.69) is 15.2 Å². The standard InChI is InChI=1S/C14H10N4O3/c19-14-4-1-9(5-13(14)18(20)21)7-15-11-2-3-12-10(6-11)8-16-17-12/h1-8,19H,(H,16,17)/p-1. The zero-order valence-electron chi connectivity index (χ0n) is 10.7. The molecule has 0 spiro atoms. The summed E-state index contributed by atoms with van der Waals surface area (Å²) < 4.78 is 0. The summed E-state index contributed by atoms with van der Waals surface area (Å²) in [5.74, 6) is -0.614. The molecule has 0 fully saturated rings. The first-order valence-electron chi connectivity index (χ1n) is 6.06. The highest BCUT2D eigenvalue weighted by Gasteiger charge is 2.06. The first-order chi connectivity index (χ1) is 10.1. The molecule has 3 aromatic rings. The van der Waals surface area contributed by atoms with Gasteiger partial charge in [-0.15, -0.1) is 0 Å². The van der Waals surface area contributed by atoms with Gasteiger partial charge in [0.2, 0.25) is 0 Å². The number of benzene rings is 2. The van der Waals surface area contributed by atoms with E-state index in [0.717, 1.165) is 10.9 Å². The number of fused-ring (bicyclic) bond motifs is 1. The fourth-order valence-electron chi connectivity index (χ4n) is 1.92. The minimum Gasteiger partial charge on any atom is -0.868 e. The zero-order valence-corrected chi connectivity index (χ0v) is 10.7. The van der Waals surface area contributed by atoms with Crippen molar-refractivity contribution in [2.75, 3.05) is 0 Å². The molecule has 104 valence electrons. The highest BCUT2D eigenvalue weighted by Crippen LogP contribution is 2.24. The van der Waals surface area contributed by atoms with Crippen molar-refractivity contribution in [3.63, 3.8) is 0 Å². The van der Waals surface area contributed by atoms with Crippen LogP contribution < -0.4 is 5.11 Å². The van der Waals surface area contributed by atoms with Crippen molar-refractivity contribution < 1.29 is 10.0 Å². The van der Waals surface area contributed by atoms with Crippen molar-refractivity contribution in [2.45, 2.75) is 0 Å². The van der Waals surface area contributed by atoms with Gasteiger partial charge in [-0.05, 0) is 29.5 Å². The molecule has 1 N–H and O–H groups in total. The first kappa shape index (κ1) is 12.8. The van der Waals surface area contributed by atoms with Crippen LogP contribution in [0.2, 0.25) is 0 Å². The number of aromatic amines is 1. The molecule has 7 nitrogen and oxygen atoms in total. The van der Waals surface area contributed by atoms with Gasteiger partial charge in [-0.2, -0.15) is 5.10 Å². The predicted molar refractivity (Wildman–Crippen MR) is 75.9 cm³/mol. The van der Waals surface area contributed by atoms with Crippen LogP contribution in [0, 0.1) is 10.1 Å². The number of aromatic nitrogens is 2. The van der Waals surface area contributed by atoms with Gasteiger partial charge in [-0.3, -0.25) is 20.2 Å². The Kier molecular flexibility index (Phi) is 3.07. The second-order valence-corrected chi connectivity index (χ2v) is 4.38. The lowest BCUT2D eigenvalue weighted by molar-refractivity contribution is -0.398. The fourth-order valence-corrected chi connectivity index (χ4v) is 1.92. The second kappa shape index (κ2) is 5.04. The molecule has 0 aliphatic carbocycles. The van der Waals surface area contributed by atoms with Crippen molar-refractivity contribution in [3.8, 4) is 5.75 Å². The largest absolute Gasteiger partial charge is 0.868 e. The lowest BCUT2D eigenvalue weighted by Gasteiger charge is -2.05. The van der Waals surface area contributed by atoms with Crippen molar-refractivity contribution in [2.24, 2.45) is 4.99 Å². The lowest BCUT2D eigenvalue weighted by atomic mass is 10.2. The molecule has 1 heterocycles. The summed E-state index contributed by atoms with van der Waals surface area (Å²) in [6.45, 7) is 0. The normalized spacial score (nSPS) is 11.2. The number of nitro groups is 1. The van der Waals surface area contributed by atoms with Crippen molar-refractivity contribution in [1.29, 1.82) is 0 Å². The van der Waals surface area contributed by atoms with Crippen LogP contribution in [0.15, 0.2) is 47.6 Å². The quantitative estimate of drug-likeness (QED) is 0.451. The van der Waals surface area contributed by atoms with E-state index in [9.17, 15) is 15.2 Å². The van der Waals surface area contributed by atoms with Crippen LogP contribution in [0.4, 0.5) is 11.4 Å². The molecule has 21 heavy (non-hydrogen) atoms. The molecular weight excluding hydrogens is 272 g/mol. The Morgan fingerprint density at radius 1 is 1.24 bits per heavy atom. The SMILES string of the molecule is O=[N+]([O-])c1cc(C=Nc2ccc3[nH]ncc3c2)ccc1[O-]. The molecule has 0 aliphatic heterocycles. The van der Waals surface area contributed by atoms with Crippen molar-refractivity contribution in [1.82, 2.24) is 10.2 Å². The lowest BCUT2D eigenvalue weighted by Crippen LogP contribution is -1.98. The second-order valence-electron chi connectivity index (χ2n) is 4.38. The molecule has 0 saturated heterocycles. The third-order valence-electron chi connectivity index (χ3n) is 2.97. The van der Waals surface area contributed by atoms with Crippen molar-refractivity contribution in [3.05, 3.63) is 58.3 Å². The van der Waals surface area contributed by atoms with Gasteiger partial charge in [0.1, 0.15) is 0 Å². The minimum absolute atomic E-state index is 0.454. The van der Waals surface area contributed by atoms with E-state index < -0.39 is 16.4 Å². The highest BCUT2D eigenvalue weighted by atomic mass is 16.6. The molecule has 0 amide bonds. The minimum atomic E-state index is -0.697. The number of nitrogens with one attached hydrogen (secondary N) is 1. The zero-order chi connectivity index (χ0) is 14.8. The molecule has 7 heteroatoms. The Balaban J connectivity index is 1.91. The van der Waals surface area contributed by atoms with Crippen LogP contribution in [0.1, 0.15) is 5.56 Å². The summed E-state index contributed by atoms with van der Waals surface area (Å²) in [4.78, 5) is 14.3. The number of nitro benzene ring substituents is 1. The molecule has 0 unspecified atom stereocenters. The van der Waals surface area contributed by atoms with Gasteiger partial charge >= 0.3 is 0 Å². The van der Waals surface area contributed by atoms with E-state index >= 15 is 0 Å². The van der Waals surface area contributed by atoms with Gasteiger partial charge in [0.15, 0.2) is 0 Å². The number of aliphatic imine (C=N–C) groups is 1. The number of hydrogen-bond acceptors (Lipinski definition) is 5. The van der Waals surface area contributed by atoms with Crippen LogP contribution in [-0.4, -0.2) is 21.3 Å². The molecule has 2 aromatic carbocycles. The van der Waals surface area contributed by atoms with E-state index in [-0.39, 0.29) is 0 Å². The Morgan fingerprint density at radius 3 is 2.90 bits per heavy atom.